The molecule has 1 amide bonds. The van der Waals surface area contributed by atoms with E-state index in [0.717, 1.165) is 6.92 Å². The highest BCUT2D eigenvalue weighted by Gasteiger charge is 2.31. The van der Waals surface area contributed by atoms with Crippen molar-refractivity contribution in [2.75, 3.05) is 6.54 Å². The van der Waals surface area contributed by atoms with Gasteiger partial charge in [0, 0.05) is 4.88 Å². The Hall–Kier alpha value is -1.44. The quantitative estimate of drug-likeness (QED) is 0.579. The second-order valence-electron chi connectivity index (χ2n) is 3.79. The van der Waals surface area contributed by atoms with Gasteiger partial charge >= 0.3 is 5.97 Å². The Labute approximate surface area is 102 Å². The molecule has 6 nitrogen and oxygen atoms in total. The van der Waals surface area contributed by atoms with Crippen LogP contribution >= 0.6 is 11.3 Å². The lowest BCUT2D eigenvalue weighted by Gasteiger charge is -2.19. The van der Waals surface area contributed by atoms with Crippen molar-refractivity contribution >= 4 is 23.2 Å². The second kappa shape index (κ2) is 5.26. The molecule has 0 fully saturated rings. The zero-order valence-electron chi connectivity index (χ0n) is 9.21. The lowest BCUT2D eigenvalue weighted by molar-refractivity contribution is -0.156. The predicted molar refractivity (Wildman–Crippen MR) is 62.5 cm³/mol. The van der Waals surface area contributed by atoms with E-state index in [-0.39, 0.29) is 6.54 Å². The first-order valence-electron chi connectivity index (χ1n) is 4.87. The maximum Gasteiger partial charge on any atom is 0.337 e. The van der Waals surface area contributed by atoms with Crippen LogP contribution in [-0.2, 0) is 9.59 Å². The fourth-order valence-corrected chi connectivity index (χ4v) is 1.77. The normalized spacial score (nSPS) is 15.9. The van der Waals surface area contributed by atoms with Gasteiger partial charge < -0.3 is 21.3 Å². The summed E-state index contributed by atoms with van der Waals surface area (Å²) in [7, 11) is 0. The first-order valence-corrected chi connectivity index (χ1v) is 5.75. The highest BCUT2D eigenvalue weighted by atomic mass is 32.1. The number of aliphatic carboxylic acids is 1. The molecular weight excluding hydrogens is 244 g/mol. The van der Waals surface area contributed by atoms with Gasteiger partial charge in [-0.1, -0.05) is 6.07 Å². The Morgan fingerprint density at radius 3 is 2.76 bits per heavy atom. The third kappa shape index (κ3) is 3.52. The van der Waals surface area contributed by atoms with Crippen LogP contribution in [0.3, 0.4) is 0 Å². The number of carbonyl (C=O) groups excluding carboxylic acids is 1. The van der Waals surface area contributed by atoms with Crippen molar-refractivity contribution in [2.24, 2.45) is 5.73 Å². The number of carbonyl (C=O) groups is 2. The van der Waals surface area contributed by atoms with E-state index in [2.05, 4.69) is 5.32 Å². The molecule has 17 heavy (non-hydrogen) atoms. The SMILES string of the molecule is CC(O)(CNC(=O)C(N)c1cccs1)C(=O)O. The zero-order chi connectivity index (χ0) is 13.1. The molecule has 0 aromatic carbocycles. The van der Waals surface area contributed by atoms with Crippen LogP contribution in [0.15, 0.2) is 17.5 Å². The zero-order valence-corrected chi connectivity index (χ0v) is 10.0. The fourth-order valence-electron chi connectivity index (χ4n) is 1.04. The topological polar surface area (TPSA) is 113 Å². The van der Waals surface area contributed by atoms with Gasteiger partial charge in [0.1, 0.15) is 6.04 Å². The van der Waals surface area contributed by atoms with E-state index in [1.807, 2.05) is 0 Å². The second-order valence-corrected chi connectivity index (χ2v) is 4.77. The average molecular weight is 258 g/mol. The Bertz CT molecular complexity index is 402. The van der Waals surface area contributed by atoms with Crippen molar-refractivity contribution in [1.29, 1.82) is 0 Å². The fraction of sp³-hybridized carbons (Fsp3) is 0.400. The third-order valence-corrected chi connectivity index (χ3v) is 3.16. The molecule has 1 rings (SSSR count). The molecule has 0 saturated heterocycles. The molecule has 2 atom stereocenters. The Balaban J connectivity index is 2.54. The number of carboxylic acid groups (broad SMARTS) is 1. The molecule has 1 aromatic heterocycles. The van der Waals surface area contributed by atoms with Crippen LogP contribution in [0.1, 0.15) is 17.8 Å². The van der Waals surface area contributed by atoms with Crippen molar-refractivity contribution in [1.82, 2.24) is 5.32 Å². The number of thiophene rings is 1. The van der Waals surface area contributed by atoms with Crippen LogP contribution in [0.5, 0.6) is 0 Å². The number of nitrogens with two attached hydrogens (primary N) is 1. The molecule has 0 aliphatic carbocycles. The van der Waals surface area contributed by atoms with E-state index in [1.165, 1.54) is 11.3 Å². The molecular formula is C10H14N2O4S. The molecule has 94 valence electrons. The molecule has 0 aliphatic rings. The summed E-state index contributed by atoms with van der Waals surface area (Å²) in [4.78, 5) is 22.9. The summed E-state index contributed by atoms with van der Waals surface area (Å²) in [6.07, 6.45) is 0. The van der Waals surface area contributed by atoms with Crippen LogP contribution in [0.2, 0.25) is 0 Å². The minimum atomic E-state index is -2.00. The summed E-state index contributed by atoms with van der Waals surface area (Å²) in [6.45, 7) is 0.715. The minimum Gasteiger partial charge on any atom is -0.479 e. The number of hydrogen-bond donors (Lipinski definition) is 4. The maximum atomic E-state index is 11.6. The Morgan fingerprint density at radius 1 is 1.65 bits per heavy atom. The number of rotatable bonds is 5. The van der Waals surface area contributed by atoms with Gasteiger partial charge in [0.05, 0.1) is 6.54 Å². The molecule has 2 unspecified atom stereocenters. The lowest BCUT2D eigenvalue weighted by atomic mass is 10.1. The monoisotopic (exact) mass is 258 g/mol. The predicted octanol–water partition coefficient (Wildman–Crippen LogP) is -0.300. The minimum absolute atomic E-state index is 0.389. The molecule has 0 aliphatic heterocycles. The van der Waals surface area contributed by atoms with Gasteiger partial charge in [0.15, 0.2) is 5.60 Å². The summed E-state index contributed by atoms with van der Waals surface area (Å²) >= 11 is 1.33. The number of carboxylic acids is 1. The molecule has 0 saturated carbocycles. The standard InChI is InChI=1S/C10H14N2O4S/c1-10(16,9(14)15)5-12-8(13)7(11)6-3-2-4-17-6/h2-4,7,16H,5,11H2,1H3,(H,12,13)(H,14,15). The van der Waals surface area contributed by atoms with Crippen LogP contribution in [0.4, 0.5) is 0 Å². The van der Waals surface area contributed by atoms with Crippen molar-refractivity contribution in [3.63, 3.8) is 0 Å². The van der Waals surface area contributed by atoms with E-state index >= 15 is 0 Å². The summed E-state index contributed by atoms with van der Waals surface area (Å²) in [5.74, 6) is -1.92. The lowest BCUT2D eigenvalue weighted by Crippen LogP contribution is -2.48. The van der Waals surface area contributed by atoms with Gasteiger partial charge in [-0.15, -0.1) is 11.3 Å². The molecule has 1 aromatic rings. The van der Waals surface area contributed by atoms with E-state index in [1.54, 1.807) is 17.5 Å². The number of aliphatic hydroxyl groups is 1. The van der Waals surface area contributed by atoms with Gasteiger partial charge in [-0.3, -0.25) is 4.79 Å². The molecule has 1 heterocycles. The largest absolute Gasteiger partial charge is 0.479 e. The first-order chi connectivity index (χ1) is 7.84. The van der Waals surface area contributed by atoms with Crippen LogP contribution < -0.4 is 11.1 Å². The highest BCUT2D eigenvalue weighted by molar-refractivity contribution is 7.10. The summed E-state index contributed by atoms with van der Waals surface area (Å²) in [6, 6.07) is 2.63. The maximum absolute atomic E-state index is 11.6. The molecule has 0 spiro atoms. The Morgan fingerprint density at radius 2 is 2.29 bits per heavy atom. The van der Waals surface area contributed by atoms with Gasteiger partial charge in [-0.2, -0.15) is 0 Å². The van der Waals surface area contributed by atoms with Crippen LogP contribution in [0, 0.1) is 0 Å². The van der Waals surface area contributed by atoms with E-state index in [4.69, 9.17) is 10.8 Å². The van der Waals surface area contributed by atoms with Gasteiger partial charge in [0.2, 0.25) is 5.91 Å². The molecule has 0 radical (unpaired) electrons. The van der Waals surface area contributed by atoms with Crippen molar-refractivity contribution in [3.05, 3.63) is 22.4 Å². The summed E-state index contributed by atoms with van der Waals surface area (Å²) in [5.41, 5.74) is 3.66. The van der Waals surface area contributed by atoms with Crippen LogP contribution in [0.25, 0.3) is 0 Å². The smallest absolute Gasteiger partial charge is 0.337 e. The average Bonchev–Trinajstić information content (AvgIpc) is 2.78. The third-order valence-electron chi connectivity index (χ3n) is 2.20. The van der Waals surface area contributed by atoms with Crippen molar-refractivity contribution in [3.8, 4) is 0 Å². The van der Waals surface area contributed by atoms with E-state index < -0.39 is 23.5 Å². The highest BCUT2D eigenvalue weighted by Crippen LogP contribution is 2.16. The molecule has 0 bridgehead atoms. The Kier molecular flexibility index (Phi) is 4.22. The van der Waals surface area contributed by atoms with Crippen molar-refractivity contribution in [2.45, 2.75) is 18.6 Å². The van der Waals surface area contributed by atoms with Gasteiger partial charge in [0.25, 0.3) is 0 Å². The number of hydrogen-bond acceptors (Lipinski definition) is 5. The first kappa shape index (κ1) is 13.6. The molecule has 7 heteroatoms. The summed E-state index contributed by atoms with van der Waals surface area (Å²) < 4.78 is 0. The van der Waals surface area contributed by atoms with Gasteiger partial charge in [-0.05, 0) is 18.4 Å². The number of nitrogens with one attached hydrogen (secondary N) is 1. The summed E-state index contributed by atoms with van der Waals surface area (Å²) in [5, 5.41) is 22.1. The number of amides is 1. The van der Waals surface area contributed by atoms with Gasteiger partial charge in [-0.25, -0.2) is 4.79 Å². The molecule has 5 N–H and O–H groups in total. The van der Waals surface area contributed by atoms with Crippen LogP contribution in [-0.4, -0.2) is 34.2 Å². The van der Waals surface area contributed by atoms with E-state index in [9.17, 15) is 14.7 Å². The van der Waals surface area contributed by atoms with E-state index in [0.29, 0.717) is 4.88 Å². The van der Waals surface area contributed by atoms with Crippen molar-refractivity contribution < 1.29 is 19.8 Å².